The van der Waals surface area contributed by atoms with Crippen molar-refractivity contribution in [1.29, 1.82) is 0 Å². The molecule has 2 atom stereocenters. The van der Waals surface area contributed by atoms with Crippen LogP contribution >= 0.6 is 0 Å². The van der Waals surface area contributed by atoms with E-state index >= 15 is 0 Å². The van der Waals surface area contributed by atoms with E-state index in [2.05, 4.69) is 0 Å². The van der Waals surface area contributed by atoms with Gasteiger partial charge < -0.3 is 5.73 Å². The van der Waals surface area contributed by atoms with Crippen LogP contribution in [0, 0.1) is 17.7 Å². The van der Waals surface area contributed by atoms with Gasteiger partial charge in [-0.1, -0.05) is 18.9 Å². The molecule has 2 unspecified atom stereocenters. The number of fused-ring (bicyclic) bond motifs is 1. The third-order valence-electron chi connectivity index (χ3n) is 4.97. The monoisotopic (exact) mass is 247 g/mol. The largest absolute Gasteiger partial charge is 0.330 e. The van der Waals surface area contributed by atoms with E-state index in [1.807, 2.05) is 6.07 Å². The van der Waals surface area contributed by atoms with E-state index in [0.717, 1.165) is 18.9 Å². The molecule has 2 aliphatic rings. The van der Waals surface area contributed by atoms with Gasteiger partial charge in [0.1, 0.15) is 5.82 Å². The van der Waals surface area contributed by atoms with Crippen LogP contribution in [-0.2, 0) is 6.42 Å². The van der Waals surface area contributed by atoms with Gasteiger partial charge >= 0.3 is 0 Å². The summed E-state index contributed by atoms with van der Waals surface area (Å²) in [5.74, 6) is 1.72. The van der Waals surface area contributed by atoms with E-state index in [1.165, 1.54) is 43.2 Å². The van der Waals surface area contributed by atoms with Crippen LogP contribution in [0.3, 0.4) is 0 Å². The second kappa shape index (κ2) is 5.00. The fourth-order valence-electron chi connectivity index (χ4n) is 4.10. The molecule has 1 nitrogen and oxygen atoms in total. The number of hydrogen-bond donors (Lipinski definition) is 1. The zero-order valence-corrected chi connectivity index (χ0v) is 10.9. The first-order chi connectivity index (χ1) is 8.79. The minimum atomic E-state index is -0.0885. The second-order valence-corrected chi connectivity index (χ2v) is 5.95. The van der Waals surface area contributed by atoms with Crippen molar-refractivity contribution in [3.05, 3.63) is 35.1 Å². The fraction of sp³-hybridized carbons (Fsp3) is 0.625. The van der Waals surface area contributed by atoms with Gasteiger partial charge in [-0.2, -0.15) is 0 Å². The smallest absolute Gasteiger partial charge is 0.123 e. The molecule has 1 aromatic rings. The van der Waals surface area contributed by atoms with E-state index in [0.29, 0.717) is 11.8 Å². The average Bonchev–Trinajstić information content (AvgIpc) is 2.90. The van der Waals surface area contributed by atoms with Crippen molar-refractivity contribution in [2.75, 3.05) is 6.54 Å². The third kappa shape index (κ3) is 2.07. The maximum absolute atomic E-state index is 13.6. The Morgan fingerprint density at radius 1 is 1.17 bits per heavy atom. The molecule has 0 aliphatic heterocycles. The van der Waals surface area contributed by atoms with Crippen molar-refractivity contribution in [3.8, 4) is 0 Å². The molecule has 0 heterocycles. The molecule has 0 saturated heterocycles. The second-order valence-electron chi connectivity index (χ2n) is 5.95. The van der Waals surface area contributed by atoms with E-state index in [9.17, 15) is 4.39 Å². The van der Waals surface area contributed by atoms with Gasteiger partial charge in [0.25, 0.3) is 0 Å². The summed E-state index contributed by atoms with van der Waals surface area (Å²) >= 11 is 0. The zero-order chi connectivity index (χ0) is 12.5. The Hall–Kier alpha value is -0.890. The highest BCUT2D eigenvalue weighted by Crippen LogP contribution is 2.46. The van der Waals surface area contributed by atoms with Crippen LogP contribution in [0.15, 0.2) is 18.2 Å². The summed E-state index contributed by atoms with van der Waals surface area (Å²) in [6, 6.07) is 5.37. The first-order valence-corrected chi connectivity index (χ1v) is 7.28. The van der Waals surface area contributed by atoms with Crippen LogP contribution in [0.4, 0.5) is 4.39 Å². The fourth-order valence-corrected chi connectivity index (χ4v) is 4.10. The highest BCUT2D eigenvalue weighted by molar-refractivity contribution is 5.35. The molecule has 98 valence electrons. The quantitative estimate of drug-likeness (QED) is 0.848. The van der Waals surface area contributed by atoms with Crippen LogP contribution in [0.2, 0.25) is 0 Å². The molecule has 0 bridgehead atoms. The molecule has 18 heavy (non-hydrogen) atoms. The van der Waals surface area contributed by atoms with Gasteiger partial charge in [0.05, 0.1) is 0 Å². The Morgan fingerprint density at radius 2 is 1.94 bits per heavy atom. The van der Waals surface area contributed by atoms with Crippen molar-refractivity contribution < 1.29 is 4.39 Å². The van der Waals surface area contributed by atoms with Crippen LogP contribution in [0.5, 0.6) is 0 Å². The lowest BCUT2D eigenvalue weighted by Gasteiger charge is -2.37. The molecule has 3 rings (SSSR count). The predicted octanol–water partition coefficient (Wildman–Crippen LogP) is 3.62. The molecule has 1 fully saturated rings. The maximum Gasteiger partial charge on any atom is 0.123 e. The maximum atomic E-state index is 13.6. The highest BCUT2D eigenvalue weighted by atomic mass is 19.1. The molecule has 2 heteroatoms. The van der Waals surface area contributed by atoms with Crippen LogP contribution < -0.4 is 5.73 Å². The summed E-state index contributed by atoms with van der Waals surface area (Å²) in [6.07, 6.45) is 7.53. The summed E-state index contributed by atoms with van der Waals surface area (Å²) in [4.78, 5) is 0. The SMILES string of the molecule is NCC1CCc2ccc(F)cc2C1C1CCCC1. The van der Waals surface area contributed by atoms with Gasteiger partial charge in [-0.15, -0.1) is 0 Å². The number of benzene rings is 1. The Labute approximate surface area is 109 Å². The van der Waals surface area contributed by atoms with Crippen molar-refractivity contribution >= 4 is 0 Å². The van der Waals surface area contributed by atoms with Crippen LogP contribution in [0.25, 0.3) is 0 Å². The van der Waals surface area contributed by atoms with Gasteiger partial charge in [0, 0.05) is 0 Å². The minimum Gasteiger partial charge on any atom is -0.330 e. The number of aryl methyl sites for hydroxylation is 1. The molecule has 2 N–H and O–H groups in total. The summed E-state index contributed by atoms with van der Waals surface area (Å²) in [5.41, 5.74) is 8.59. The number of hydrogen-bond acceptors (Lipinski definition) is 1. The number of nitrogens with two attached hydrogens (primary N) is 1. The Kier molecular flexibility index (Phi) is 3.38. The van der Waals surface area contributed by atoms with Gasteiger partial charge in [-0.05, 0) is 73.2 Å². The molecular weight excluding hydrogens is 225 g/mol. The standard InChI is InChI=1S/C16H22FN/c17-14-8-7-11-5-6-13(10-18)16(15(11)9-14)12-3-1-2-4-12/h7-9,12-13,16H,1-6,10,18H2. The molecule has 1 saturated carbocycles. The summed E-state index contributed by atoms with van der Waals surface area (Å²) in [6.45, 7) is 0.747. The highest BCUT2D eigenvalue weighted by Gasteiger charge is 2.35. The molecule has 1 aromatic carbocycles. The molecule has 0 radical (unpaired) electrons. The Morgan fingerprint density at radius 3 is 2.67 bits per heavy atom. The van der Waals surface area contributed by atoms with Crippen molar-refractivity contribution in [2.45, 2.75) is 44.4 Å². The van der Waals surface area contributed by atoms with Gasteiger partial charge in [-0.25, -0.2) is 4.39 Å². The summed E-state index contributed by atoms with van der Waals surface area (Å²) in [7, 11) is 0. The molecular formula is C16H22FN. The van der Waals surface area contributed by atoms with E-state index < -0.39 is 0 Å². The van der Waals surface area contributed by atoms with Crippen molar-refractivity contribution in [1.82, 2.24) is 0 Å². The van der Waals surface area contributed by atoms with Gasteiger partial charge in [0.15, 0.2) is 0 Å². The van der Waals surface area contributed by atoms with Crippen molar-refractivity contribution in [3.63, 3.8) is 0 Å². The lowest BCUT2D eigenvalue weighted by Crippen LogP contribution is -2.31. The van der Waals surface area contributed by atoms with E-state index in [4.69, 9.17) is 5.73 Å². The number of halogens is 1. The Bertz CT molecular complexity index is 423. The minimum absolute atomic E-state index is 0.0885. The zero-order valence-electron chi connectivity index (χ0n) is 10.9. The lowest BCUT2D eigenvalue weighted by molar-refractivity contribution is 0.284. The molecule has 0 amide bonds. The van der Waals surface area contributed by atoms with Crippen molar-refractivity contribution in [2.24, 2.45) is 17.6 Å². The first kappa shape index (κ1) is 12.2. The molecule has 0 aromatic heterocycles. The normalized spacial score (nSPS) is 28.3. The van der Waals surface area contributed by atoms with E-state index in [-0.39, 0.29) is 5.82 Å². The first-order valence-electron chi connectivity index (χ1n) is 7.28. The predicted molar refractivity (Wildman–Crippen MR) is 72.0 cm³/mol. The molecule has 0 spiro atoms. The third-order valence-corrected chi connectivity index (χ3v) is 4.97. The topological polar surface area (TPSA) is 26.0 Å². The van der Waals surface area contributed by atoms with E-state index in [1.54, 1.807) is 12.1 Å². The van der Waals surface area contributed by atoms with Crippen LogP contribution in [-0.4, -0.2) is 6.54 Å². The summed E-state index contributed by atoms with van der Waals surface area (Å²) < 4.78 is 13.6. The number of rotatable bonds is 2. The Balaban J connectivity index is 1.99. The molecule has 2 aliphatic carbocycles. The van der Waals surface area contributed by atoms with Gasteiger partial charge in [0.2, 0.25) is 0 Å². The van der Waals surface area contributed by atoms with Gasteiger partial charge in [-0.3, -0.25) is 0 Å². The summed E-state index contributed by atoms with van der Waals surface area (Å²) in [5, 5.41) is 0. The average molecular weight is 247 g/mol. The lowest BCUT2D eigenvalue weighted by atomic mass is 9.68. The van der Waals surface area contributed by atoms with Crippen LogP contribution in [0.1, 0.15) is 49.1 Å².